The molecule has 0 saturated carbocycles. The Morgan fingerprint density at radius 2 is 1.88 bits per heavy atom. The summed E-state index contributed by atoms with van der Waals surface area (Å²) in [6, 6.07) is 0. The molecule has 0 aromatic heterocycles. The van der Waals surface area contributed by atoms with Gasteiger partial charge < -0.3 is 14.6 Å². The van der Waals surface area contributed by atoms with Crippen molar-refractivity contribution < 1.29 is 14.6 Å². The van der Waals surface area contributed by atoms with Gasteiger partial charge in [0.05, 0.1) is 23.4 Å². The van der Waals surface area contributed by atoms with Gasteiger partial charge in [0.15, 0.2) is 0 Å². The third-order valence-electron chi connectivity index (χ3n) is 4.43. The molecule has 0 aromatic rings. The molecule has 3 nitrogen and oxygen atoms in total. The SMILES string of the molecule is CC1OCCC1C(O)C1CC(C)(C)OC1(C)C. The van der Waals surface area contributed by atoms with Gasteiger partial charge in [-0.25, -0.2) is 0 Å². The first kappa shape index (κ1) is 13.3. The lowest BCUT2D eigenvalue weighted by Gasteiger charge is -2.33. The number of hydrogen-bond acceptors (Lipinski definition) is 3. The van der Waals surface area contributed by atoms with Gasteiger partial charge in [0.2, 0.25) is 0 Å². The van der Waals surface area contributed by atoms with E-state index in [-0.39, 0.29) is 35.2 Å². The fraction of sp³-hybridized carbons (Fsp3) is 1.00. The predicted octanol–water partition coefficient (Wildman–Crippen LogP) is 2.37. The Labute approximate surface area is 104 Å². The van der Waals surface area contributed by atoms with Gasteiger partial charge in [-0.05, 0) is 47.5 Å². The Bertz CT molecular complexity index is 285. The molecule has 2 rings (SSSR count). The van der Waals surface area contributed by atoms with Crippen LogP contribution in [0.3, 0.4) is 0 Å². The average Bonchev–Trinajstić information content (AvgIpc) is 2.66. The molecule has 0 aliphatic carbocycles. The third-order valence-corrected chi connectivity index (χ3v) is 4.43. The van der Waals surface area contributed by atoms with Crippen molar-refractivity contribution in [3.8, 4) is 0 Å². The van der Waals surface area contributed by atoms with Crippen molar-refractivity contribution in [1.82, 2.24) is 0 Å². The minimum absolute atomic E-state index is 0.127. The van der Waals surface area contributed by atoms with E-state index in [9.17, 15) is 5.11 Å². The van der Waals surface area contributed by atoms with Crippen molar-refractivity contribution in [2.45, 2.75) is 70.9 Å². The molecule has 3 heteroatoms. The van der Waals surface area contributed by atoms with Crippen molar-refractivity contribution in [2.24, 2.45) is 11.8 Å². The van der Waals surface area contributed by atoms with Gasteiger partial charge in [0, 0.05) is 18.4 Å². The molecular formula is C14H26O3. The summed E-state index contributed by atoms with van der Waals surface area (Å²) < 4.78 is 11.6. The van der Waals surface area contributed by atoms with Gasteiger partial charge in [0.25, 0.3) is 0 Å². The number of aliphatic hydroxyl groups excluding tert-OH is 1. The minimum Gasteiger partial charge on any atom is -0.392 e. The molecule has 2 aliphatic heterocycles. The Kier molecular flexibility index (Phi) is 3.30. The molecule has 17 heavy (non-hydrogen) atoms. The van der Waals surface area contributed by atoms with Gasteiger partial charge in [-0.15, -0.1) is 0 Å². The molecular weight excluding hydrogens is 216 g/mol. The van der Waals surface area contributed by atoms with Crippen LogP contribution in [0.15, 0.2) is 0 Å². The lowest BCUT2D eigenvalue weighted by atomic mass is 9.76. The van der Waals surface area contributed by atoms with E-state index in [1.807, 2.05) is 0 Å². The third kappa shape index (κ3) is 2.51. The van der Waals surface area contributed by atoms with Crippen LogP contribution in [0.5, 0.6) is 0 Å². The first-order chi connectivity index (χ1) is 7.73. The van der Waals surface area contributed by atoms with E-state index in [2.05, 4.69) is 34.6 Å². The minimum atomic E-state index is -0.315. The average molecular weight is 242 g/mol. The van der Waals surface area contributed by atoms with E-state index < -0.39 is 0 Å². The van der Waals surface area contributed by atoms with E-state index in [4.69, 9.17) is 9.47 Å². The Morgan fingerprint density at radius 3 is 2.29 bits per heavy atom. The second kappa shape index (κ2) is 4.22. The van der Waals surface area contributed by atoms with Crippen LogP contribution in [0.25, 0.3) is 0 Å². The standard InChI is InChI=1S/C14H26O3/c1-9-10(6-7-16-9)12(15)11-8-13(2,3)17-14(11,4)5/h9-12,15H,6-8H2,1-5H3. The zero-order chi connectivity index (χ0) is 12.8. The van der Waals surface area contributed by atoms with Crippen LogP contribution in [0.4, 0.5) is 0 Å². The lowest BCUT2D eigenvalue weighted by Crippen LogP contribution is -2.41. The Morgan fingerprint density at radius 1 is 1.24 bits per heavy atom. The quantitative estimate of drug-likeness (QED) is 0.808. The topological polar surface area (TPSA) is 38.7 Å². The highest BCUT2D eigenvalue weighted by Gasteiger charge is 2.51. The summed E-state index contributed by atoms with van der Waals surface area (Å²) in [5.74, 6) is 0.462. The van der Waals surface area contributed by atoms with Crippen molar-refractivity contribution in [2.75, 3.05) is 6.61 Å². The summed E-state index contributed by atoms with van der Waals surface area (Å²) in [6.07, 6.45) is 1.74. The number of ether oxygens (including phenoxy) is 2. The van der Waals surface area contributed by atoms with Crippen LogP contribution in [0, 0.1) is 11.8 Å². The molecule has 0 aromatic carbocycles. The smallest absolute Gasteiger partial charge is 0.0687 e. The van der Waals surface area contributed by atoms with Crippen LogP contribution >= 0.6 is 0 Å². The highest BCUT2D eigenvalue weighted by atomic mass is 16.5. The van der Waals surface area contributed by atoms with Crippen LogP contribution in [0.1, 0.15) is 47.5 Å². The summed E-state index contributed by atoms with van der Waals surface area (Å²) in [4.78, 5) is 0. The highest BCUT2D eigenvalue weighted by Crippen LogP contribution is 2.46. The Hall–Kier alpha value is -0.120. The second-order valence-electron chi connectivity index (χ2n) is 6.79. The van der Waals surface area contributed by atoms with Gasteiger partial charge in [0.1, 0.15) is 0 Å². The molecule has 4 atom stereocenters. The van der Waals surface area contributed by atoms with Crippen molar-refractivity contribution >= 4 is 0 Å². The second-order valence-corrected chi connectivity index (χ2v) is 6.79. The van der Waals surface area contributed by atoms with E-state index >= 15 is 0 Å². The summed E-state index contributed by atoms with van der Waals surface area (Å²) in [5, 5.41) is 10.6. The monoisotopic (exact) mass is 242 g/mol. The van der Waals surface area contributed by atoms with Crippen LogP contribution in [-0.4, -0.2) is 35.1 Å². The molecule has 2 heterocycles. The number of aliphatic hydroxyl groups is 1. The maximum absolute atomic E-state index is 10.6. The van der Waals surface area contributed by atoms with E-state index in [1.165, 1.54) is 0 Å². The lowest BCUT2D eigenvalue weighted by molar-refractivity contribution is -0.0965. The van der Waals surface area contributed by atoms with Gasteiger partial charge >= 0.3 is 0 Å². The molecule has 4 unspecified atom stereocenters. The molecule has 2 saturated heterocycles. The van der Waals surface area contributed by atoms with Gasteiger partial charge in [-0.1, -0.05) is 0 Å². The molecule has 1 N–H and O–H groups in total. The molecule has 100 valence electrons. The van der Waals surface area contributed by atoms with E-state index in [1.54, 1.807) is 0 Å². The van der Waals surface area contributed by atoms with E-state index in [0.29, 0.717) is 0 Å². The fourth-order valence-electron chi connectivity index (χ4n) is 3.63. The van der Waals surface area contributed by atoms with Gasteiger partial charge in [-0.2, -0.15) is 0 Å². The normalized spacial score (nSPS) is 41.6. The zero-order valence-electron chi connectivity index (χ0n) is 11.7. The zero-order valence-corrected chi connectivity index (χ0v) is 11.7. The highest BCUT2D eigenvalue weighted by molar-refractivity contribution is 5.00. The van der Waals surface area contributed by atoms with Crippen LogP contribution < -0.4 is 0 Å². The summed E-state index contributed by atoms with van der Waals surface area (Å²) in [7, 11) is 0. The largest absolute Gasteiger partial charge is 0.392 e. The van der Waals surface area contributed by atoms with Crippen molar-refractivity contribution in [1.29, 1.82) is 0 Å². The summed E-state index contributed by atoms with van der Waals surface area (Å²) in [5.41, 5.74) is -0.372. The molecule has 2 fully saturated rings. The van der Waals surface area contributed by atoms with Crippen molar-refractivity contribution in [3.05, 3.63) is 0 Å². The molecule has 0 radical (unpaired) electrons. The van der Waals surface area contributed by atoms with Crippen molar-refractivity contribution in [3.63, 3.8) is 0 Å². The maximum Gasteiger partial charge on any atom is 0.0687 e. The molecule has 2 aliphatic rings. The first-order valence-electron chi connectivity index (χ1n) is 6.73. The maximum atomic E-state index is 10.6. The van der Waals surface area contributed by atoms with E-state index in [0.717, 1.165) is 19.4 Å². The van der Waals surface area contributed by atoms with Crippen LogP contribution in [-0.2, 0) is 9.47 Å². The summed E-state index contributed by atoms with van der Waals surface area (Å²) >= 11 is 0. The molecule has 0 spiro atoms. The van der Waals surface area contributed by atoms with Crippen LogP contribution in [0.2, 0.25) is 0 Å². The first-order valence-corrected chi connectivity index (χ1v) is 6.73. The number of hydrogen-bond donors (Lipinski definition) is 1. The fourth-order valence-corrected chi connectivity index (χ4v) is 3.63. The summed E-state index contributed by atoms with van der Waals surface area (Å²) in [6.45, 7) is 11.2. The van der Waals surface area contributed by atoms with Gasteiger partial charge in [-0.3, -0.25) is 0 Å². The Balaban J connectivity index is 2.11. The molecule has 0 bridgehead atoms. The predicted molar refractivity (Wildman–Crippen MR) is 66.9 cm³/mol. The number of rotatable bonds is 2. The molecule has 0 amide bonds.